The van der Waals surface area contributed by atoms with E-state index < -0.39 is 6.10 Å². The first-order valence-corrected chi connectivity index (χ1v) is 6.10. The van der Waals surface area contributed by atoms with Crippen molar-refractivity contribution < 1.29 is 9.50 Å². The van der Waals surface area contributed by atoms with Crippen LogP contribution in [-0.4, -0.2) is 34.6 Å². The number of aliphatic hydroxyl groups is 1. The maximum absolute atomic E-state index is 12.7. The van der Waals surface area contributed by atoms with Crippen LogP contribution in [0.1, 0.15) is 32.6 Å². The van der Waals surface area contributed by atoms with Crippen molar-refractivity contribution >= 4 is 0 Å². The Morgan fingerprint density at radius 3 is 2.47 bits per heavy atom. The number of aromatic nitrogens is 1. The third kappa shape index (κ3) is 4.06. The summed E-state index contributed by atoms with van der Waals surface area (Å²) in [6.45, 7) is 8.91. The summed E-state index contributed by atoms with van der Waals surface area (Å²) >= 11 is 0. The van der Waals surface area contributed by atoms with E-state index in [0.717, 1.165) is 25.8 Å². The lowest BCUT2D eigenvalue weighted by molar-refractivity contribution is 0.0875. The summed E-state index contributed by atoms with van der Waals surface area (Å²) in [5, 5.41) is 10.1. The number of hydrogen-bond donors (Lipinski definition) is 1. The molecule has 0 aliphatic heterocycles. The molecule has 96 valence electrons. The topological polar surface area (TPSA) is 36.4 Å². The molecule has 3 nitrogen and oxygen atoms in total. The highest BCUT2D eigenvalue weighted by molar-refractivity contribution is 5.08. The van der Waals surface area contributed by atoms with Crippen molar-refractivity contribution in [2.75, 3.05) is 19.6 Å². The minimum absolute atomic E-state index is 0.0767. The summed E-state index contributed by atoms with van der Waals surface area (Å²) in [5.74, 6) is -0.301. The van der Waals surface area contributed by atoms with Crippen molar-refractivity contribution in [3.63, 3.8) is 0 Å². The van der Waals surface area contributed by atoms with Gasteiger partial charge in [0.2, 0.25) is 0 Å². The fraction of sp³-hybridized carbons (Fsp3) is 0.615. The number of pyridine rings is 1. The Hall–Kier alpha value is -1.00. The van der Waals surface area contributed by atoms with Crippen molar-refractivity contribution in [2.45, 2.75) is 26.9 Å². The van der Waals surface area contributed by atoms with Crippen LogP contribution in [-0.2, 0) is 0 Å². The zero-order valence-electron chi connectivity index (χ0n) is 10.7. The molecule has 0 fully saturated rings. The molecule has 17 heavy (non-hydrogen) atoms. The van der Waals surface area contributed by atoms with Crippen LogP contribution in [0, 0.1) is 11.7 Å². The zero-order valence-corrected chi connectivity index (χ0v) is 10.7. The maximum Gasteiger partial charge on any atom is 0.141 e. The second-order valence-corrected chi connectivity index (χ2v) is 4.31. The van der Waals surface area contributed by atoms with Crippen molar-refractivity contribution in [1.82, 2.24) is 9.88 Å². The molecule has 0 amide bonds. The van der Waals surface area contributed by atoms with E-state index >= 15 is 0 Å². The Bertz CT molecular complexity index is 325. The molecule has 2 atom stereocenters. The van der Waals surface area contributed by atoms with Gasteiger partial charge in [0.1, 0.15) is 5.82 Å². The van der Waals surface area contributed by atoms with Gasteiger partial charge in [-0.1, -0.05) is 20.8 Å². The number of rotatable bonds is 6. The van der Waals surface area contributed by atoms with Crippen LogP contribution >= 0.6 is 0 Å². The summed E-state index contributed by atoms with van der Waals surface area (Å²) in [6, 6.07) is 2.87. The Kier molecular flexibility index (Phi) is 5.51. The molecule has 1 rings (SSSR count). The number of aliphatic hydroxyl groups excluding tert-OH is 1. The number of nitrogens with zero attached hydrogens (tertiary/aromatic N) is 2. The molecular formula is C13H21FN2O. The largest absolute Gasteiger partial charge is 0.386 e. The molecule has 0 saturated heterocycles. The molecule has 2 unspecified atom stereocenters. The SMILES string of the molecule is CCN(CC)CC(C)C(O)c1ccc(F)cn1. The van der Waals surface area contributed by atoms with Crippen LogP contribution < -0.4 is 0 Å². The number of halogens is 1. The highest BCUT2D eigenvalue weighted by atomic mass is 19.1. The van der Waals surface area contributed by atoms with Gasteiger partial charge in [-0.15, -0.1) is 0 Å². The van der Waals surface area contributed by atoms with Crippen LogP contribution in [0.4, 0.5) is 4.39 Å². The third-order valence-electron chi connectivity index (χ3n) is 3.03. The molecule has 1 N–H and O–H groups in total. The first-order valence-electron chi connectivity index (χ1n) is 6.10. The fourth-order valence-corrected chi connectivity index (χ4v) is 1.84. The summed E-state index contributed by atoms with van der Waals surface area (Å²) in [6.07, 6.45) is 0.499. The average Bonchev–Trinajstić information content (AvgIpc) is 2.35. The molecule has 4 heteroatoms. The van der Waals surface area contributed by atoms with E-state index in [9.17, 15) is 9.50 Å². The van der Waals surface area contributed by atoms with Crippen molar-refractivity contribution in [3.8, 4) is 0 Å². The monoisotopic (exact) mass is 240 g/mol. The van der Waals surface area contributed by atoms with Gasteiger partial charge in [-0.05, 0) is 25.2 Å². The fourth-order valence-electron chi connectivity index (χ4n) is 1.84. The van der Waals surface area contributed by atoms with E-state index in [2.05, 4.69) is 23.7 Å². The van der Waals surface area contributed by atoms with Gasteiger partial charge in [0.15, 0.2) is 0 Å². The van der Waals surface area contributed by atoms with Gasteiger partial charge >= 0.3 is 0 Å². The Morgan fingerprint density at radius 2 is 2.00 bits per heavy atom. The molecule has 1 aromatic rings. The quantitative estimate of drug-likeness (QED) is 0.828. The Balaban J connectivity index is 2.62. The molecule has 1 heterocycles. The van der Waals surface area contributed by atoms with Crippen LogP contribution in [0.25, 0.3) is 0 Å². The van der Waals surface area contributed by atoms with Gasteiger partial charge < -0.3 is 10.0 Å². The minimum Gasteiger partial charge on any atom is -0.386 e. The third-order valence-corrected chi connectivity index (χ3v) is 3.03. The lowest BCUT2D eigenvalue weighted by Crippen LogP contribution is -2.31. The molecule has 0 saturated carbocycles. The van der Waals surface area contributed by atoms with Gasteiger partial charge in [-0.25, -0.2) is 4.39 Å². The molecular weight excluding hydrogens is 219 g/mol. The van der Waals surface area contributed by atoms with Crippen LogP contribution in [0.15, 0.2) is 18.3 Å². The van der Waals surface area contributed by atoms with Gasteiger partial charge in [0.25, 0.3) is 0 Å². The summed E-state index contributed by atoms with van der Waals surface area (Å²) in [4.78, 5) is 6.16. The van der Waals surface area contributed by atoms with Gasteiger partial charge in [-0.2, -0.15) is 0 Å². The summed E-state index contributed by atoms with van der Waals surface area (Å²) in [7, 11) is 0. The highest BCUT2D eigenvalue weighted by Crippen LogP contribution is 2.20. The van der Waals surface area contributed by atoms with Gasteiger partial charge in [0.05, 0.1) is 18.0 Å². The van der Waals surface area contributed by atoms with Crippen molar-refractivity contribution in [1.29, 1.82) is 0 Å². The predicted molar refractivity (Wildman–Crippen MR) is 66.1 cm³/mol. The molecule has 0 spiro atoms. The van der Waals surface area contributed by atoms with Crippen LogP contribution in [0.2, 0.25) is 0 Å². The van der Waals surface area contributed by atoms with E-state index in [0.29, 0.717) is 5.69 Å². The molecule has 1 aromatic heterocycles. The Morgan fingerprint density at radius 1 is 1.35 bits per heavy atom. The molecule has 0 bridgehead atoms. The van der Waals surface area contributed by atoms with E-state index in [4.69, 9.17) is 0 Å². The molecule has 0 radical (unpaired) electrons. The first kappa shape index (κ1) is 14.1. The normalized spacial score (nSPS) is 14.9. The average molecular weight is 240 g/mol. The second-order valence-electron chi connectivity index (χ2n) is 4.31. The smallest absolute Gasteiger partial charge is 0.141 e. The van der Waals surface area contributed by atoms with Crippen LogP contribution in [0.5, 0.6) is 0 Å². The summed E-state index contributed by atoms with van der Waals surface area (Å²) < 4.78 is 12.7. The second kappa shape index (κ2) is 6.67. The number of hydrogen-bond acceptors (Lipinski definition) is 3. The minimum atomic E-state index is -0.642. The molecule has 0 aromatic carbocycles. The van der Waals surface area contributed by atoms with Crippen molar-refractivity contribution in [3.05, 3.63) is 29.8 Å². The standard InChI is InChI=1S/C13H21FN2O/c1-4-16(5-2)9-10(3)13(17)12-7-6-11(14)8-15-12/h6-8,10,13,17H,4-5,9H2,1-3H3. The van der Waals surface area contributed by atoms with E-state index in [1.807, 2.05) is 6.92 Å². The summed E-state index contributed by atoms with van der Waals surface area (Å²) in [5.41, 5.74) is 0.533. The van der Waals surface area contributed by atoms with E-state index in [-0.39, 0.29) is 11.7 Å². The van der Waals surface area contributed by atoms with E-state index in [1.54, 1.807) is 6.07 Å². The molecule has 0 aliphatic rings. The lowest BCUT2D eigenvalue weighted by Gasteiger charge is -2.25. The maximum atomic E-state index is 12.7. The molecule has 0 aliphatic carbocycles. The zero-order chi connectivity index (χ0) is 12.8. The highest BCUT2D eigenvalue weighted by Gasteiger charge is 2.19. The van der Waals surface area contributed by atoms with Crippen LogP contribution in [0.3, 0.4) is 0 Å². The van der Waals surface area contributed by atoms with E-state index in [1.165, 1.54) is 6.07 Å². The lowest BCUT2D eigenvalue weighted by atomic mass is 10.0. The van der Waals surface area contributed by atoms with Gasteiger partial charge in [0, 0.05) is 12.5 Å². The van der Waals surface area contributed by atoms with Crippen molar-refractivity contribution in [2.24, 2.45) is 5.92 Å². The predicted octanol–water partition coefficient (Wildman–Crippen LogP) is 2.23. The van der Waals surface area contributed by atoms with Gasteiger partial charge in [-0.3, -0.25) is 4.98 Å². The Labute approximate surface area is 102 Å². The first-order chi connectivity index (χ1) is 8.08.